The number of nitrogens with one attached hydrogen (secondary N) is 2. The molecule has 8 heteroatoms. The van der Waals surface area contributed by atoms with Crippen molar-refractivity contribution in [1.82, 2.24) is 15.2 Å². The zero-order valence-corrected chi connectivity index (χ0v) is 11.9. The fourth-order valence-electron chi connectivity index (χ4n) is 1.94. The van der Waals surface area contributed by atoms with Crippen molar-refractivity contribution in [3.8, 4) is 5.88 Å². The molecule has 2 rings (SSSR count). The lowest BCUT2D eigenvalue weighted by molar-refractivity contribution is -0.384. The summed E-state index contributed by atoms with van der Waals surface area (Å²) in [4.78, 5) is 14.6. The second-order valence-electron chi connectivity index (χ2n) is 4.53. The Labute approximate surface area is 121 Å². The van der Waals surface area contributed by atoms with Crippen molar-refractivity contribution in [2.24, 2.45) is 0 Å². The average Bonchev–Trinajstić information content (AvgIpc) is 2.88. The fraction of sp³-hybridized carbons (Fsp3) is 0.385. The molecule has 0 aliphatic carbocycles. The summed E-state index contributed by atoms with van der Waals surface area (Å²) < 4.78 is 4.98. The van der Waals surface area contributed by atoms with Gasteiger partial charge in [-0.15, -0.1) is 0 Å². The highest BCUT2D eigenvalue weighted by Gasteiger charge is 2.15. The van der Waals surface area contributed by atoms with Gasteiger partial charge in [0, 0.05) is 24.4 Å². The summed E-state index contributed by atoms with van der Waals surface area (Å²) in [5.41, 5.74) is 2.13. The highest BCUT2D eigenvalue weighted by atomic mass is 16.6. The Morgan fingerprint density at radius 2 is 2.29 bits per heavy atom. The Hall–Kier alpha value is -2.64. The van der Waals surface area contributed by atoms with E-state index in [0.717, 1.165) is 24.1 Å². The molecule has 2 heterocycles. The van der Waals surface area contributed by atoms with E-state index in [4.69, 9.17) is 4.74 Å². The monoisotopic (exact) mass is 291 g/mol. The van der Waals surface area contributed by atoms with Gasteiger partial charge >= 0.3 is 5.69 Å². The lowest BCUT2D eigenvalue weighted by Gasteiger charge is -2.07. The van der Waals surface area contributed by atoms with Crippen molar-refractivity contribution < 1.29 is 9.66 Å². The molecule has 0 saturated carbocycles. The van der Waals surface area contributed by atoms with Crippen LogP contribution in [0.4, 0.5) is 11.5 Å². The normalized spacial score (nSPS) is 10.4. The number of aromatic amines is 1. The number of aromatic nitrogens is 3. The number of anilines is 1. The molecular weight excluding hydrogens is 274 g/mol. The third kappa shape index (κ3) is 3.68. The molecular formula is C13H17N5O3. The van der Waals surface area contributed by atoms with E-state index in [1.807, 2.05) is 6.92 Å². The molecule has 2 N–H and O–H groups in total. The lowest BCUT2D eigenvalue weighted by Crippen LogP contribution is -2.08. The van der Waals surface area contributed by atoms with E-state index in [9.17, 15) is 10.1 Å². The van der Waals surface area contributed by atoms with Crippen LogP contribution in [0.2, 0.25) is 0 Å². The third-order valence-electron chi connectivity index (χ3n) is 3.10. The number of hydrogen-bond acceptors (Lipinski definition) is 6. The van der Waals surface area contributed by atoms with E-state index in [1.165, 1.54) is 19.2 Å². The van der Waals surface area contributed by atoms with Crippen molar-refractivity contribution in [2.75, 3.05) is 19.0 Å². The molecule has 2 aromatic heterocycles. The van der Waals surface area contributed by atoms with Gasteiger partial charge < -0.3 is 10.1 Å². The zero-order valence-electron chi connectivity index (χ0n) is 11.9. The maximum atomic E-state index is 11.0. The van der Waals surface area contributed by atoms with Crippen molar-refractivity contribution in [3.63, 3.8) is 0 Å². The van der Waals surface area contributed by atoms with Gasteiger partial charge in [-0.1, -0.05) is 0 Å². The molecule has 0 bridgehead atoms. The van der Waals surface area contributed by atoms with Crippen LogP contribution in [0.1, 0.15) is 17.7 Å². The maximum absolute atomic E-state index is 11.0. The Morgan fingerprint density at radius 1 is 1.48 bits per heavy atom. The van der Waals surface area contributed by atoms with Crippen LogP contribution in [-0.2, 0) is 6.42 Å². The molecule has 0 fully saturated rings. The van der Waals surface area contributed by atoms with Gasteiger partial charge in [0.05, 0.1) is 18.2 Å². The predicted octanol–water partition coefficient (Wildman–Crippen LogP) is 2.07. The first kappa shape index (κ1) is 14.8. The van der Waals surface area contributed by atoms with Crippen LogP contribution in [0.3, 0.4) is 0 Å². The highest BCUT2D eigenvalue weighted by Crippen LogP contribution is 2.24. The standard InChI is InChI=1S/C13H17N5O3/c1-9-10(8-15-17-9)4-3-7-14-13-11(18(19)20)5-6-12(16-13)21-2/h5-6,8H,3-4,7H2,1-2H3,(H,14,16)(H,15,17). The van der Waals surface area contributed by atoms with Gasteiger partial charge in [0.25, 0.3) is 0 Å². The molecule has 0 atom stereocenters. The summed E-state index contributed by atoms with van der Waals surface area (Å²) in [5, 5.41) is 20.8. The molecule has 0 amide bonds. The van der Waals surface area contributed by atoms with Gasteiger partial charge in [0.2, 0.25) is 11.7 Å². The first-order valence-corrected chi connectivity index (χ1v) is 6.54. The van der Waals surface area contributed by atoms with Crippen LogP contribution in [0.25, 0.3) is 0 Å². The summed E-state index contributed by atoms with van der Waals surface area (Å²) in [6.45, 7) is 2.54. The Balaban J connectivity index is 1.95. The minimum absolute atomic E-state index is 0.0599. The van der Waals surface area contributed by atoms with E-state index in [-0.39, 0.29) is 11.5 Å². The first-order valence-electron chi connectivity index (χ1n) is 6.54. The van der Waals surface area contributed by atoms with Crippen LogP contribution in [0.5, 0.6) is 5.88 Å². The molecule has 2 aromatic rings. The second kappa shape index (κ2) is 6.69. The van der Waals surface area contributed by atoms with E-state index in [0.29, 0.717) is 12.4 Å². The molecule has 0 radical (unpaired) electrons. The van der Waals surface area contributed by atoms with Crippen molar-refractivity contribution in [3.05, 3.63) is 39.7 Å². The highest BCUT2D eigenvalue weighted by molar-refractivity contribution is 5.56. The molecule has 0 unspecified atom stereocenters. The first-order chi connectivity index (χ1) is 10.1. The number of nitrogens with zero attached hydrogens (tertiary/aromatic N) is 3. The summed E-state index contributed by atoms with van der Waals surface area (Å²) >= 11 is 0. The number of aryl methyl sites for hydroxylation is 2. The predicted molar refractivity (Wildman–Crippen MR) is 77.6 cm³/mol. The summed E-state index contributed by atoms with van der Waals surface area (Å²) in [6.07, 6.45) is 3.45. The van der Waals surface area contributed by atoms with Crippen molar-refractivity contribution in [1.29, 1.82) is 0 Å². The van der Waals surface area contributed by atoms with E-state index in [2.05, 4.69) is 20.5 Å². The topological polar surface area (TPSA) is 106 Å². The Kier molecular flexibility index (Phi) is 4.70. The molecule has 0 aliphatic heterocycles. The van der Waals surface area contributed by atoms with Crippen LogP contribution >= 0.6 is 0 Å². The SMILES string of the molecule is COc1ccc([N+](=O)[O-])c(NCCCc2cn[nH]c2C)n1. The van der Waals surface area contributed by atoms with Gasteiger partial charge in [0.1, 0.15) is 0 Å². The van der Waals surface area contributed by atoms with Gasteiger partial charge in [0.15, 0.2) is 0 Å². The lowest BCUT2D eigenvalue weighted by atomic mass is 10.1. The number of nitro groups is 1. The zero-order chi connectivity index (χ0) is 15.2. The number of ether oxygens (including phenoxy) is 1. The Morgan fingerprint density at radius 3 is 2.90 bits per heavy atom. The molecule has 0 aromatic carbocycles. The minimum atomic E-state index is -0.463. The summed E-state index contributed by atoms with van der Waals surface area (Å²) in [6, 6.07) is 2.85. The van der Waals surface area contributed by atoms with Crippen molar-refractivity contribution in [2.45, 2.75) is 19.8 Å². The minimum Gasteiger partial charge on any atom is -0.481 e. The van der Waals surface area contributed by atoms with E-state index in [1.54, 1.807) is 6.20 Å². The largest absolute Gasteiger partial charge is 0.481 e. The van der Waals surface area contributed by atoms with Crippen LogP contribution in [0, 0.1) is 17.0 Å². The number of H-pyrrole nitrogens is 1. The molecule has 0 aliphatic rings. The van der Waals surface area contributed by atoms with Crippen LogP contribution in [-0.4, -0.2) is 33.8 Å². The molecule has 0 saturated heterocycles. The number of pyridine rings is 1. The van der Waals surface area contributed by atoms with Gasteiger partial charge in [-0.05, 0) is 25.3 Å². The fourth-order valence-corrected chi connectivity index (χ4v) is 1.94. The van der Waals surface area contributed by atoms with Gasteiger partial charge in [-0.25, -0.2) is 0 Å². The number of hydrogen-bond donors (Lipinski definition) is 2. The van der Waals surface area contributed by atoms with Crippen LogP contribution in [0.15, 0.2) is 18.3 Å². The van der Waals surface area contributed by atoms with E-state index < -0.39 is 4.92 Å². The average molecular weight is 291 g/mol. The second-order valence-corrected chi connectivity index (χ2v) is 4.53. The quantitative estimate of drug-likeness (QED) is 0.459. The third-order valence-corrected chi connectivity index (χ3v) is 3.10. The Bertz CT molecular complexity index is 626. The van der Waals surface area contributed by atoms with Gasteiger partial charge in [-0.3, -0.25) is 15.2 Å². The summed E-state index contributed by atoms with van der Waals surface area (Å²) in [7, 11) is 1.47. The van der Waals surface area contributed by atoms with Gasteiger partial charge in [-0.2, -0.15) is 10.1 Å². The van der Waals surface area contributed by atoms with E-state index >= 15 is 0 Å². The van der Waals surface area contributed by atoms with Crippen molar-refractivity contribution >= 4 is 11.5 Å². The van der Waals surface area contributed by atoms with Crippen LogP contribution < -0.4 is 10.1 Å². The molecule has 8 nitrogen and oxygen atoms in total. The maximum Gasteiger partial charge on any atom is 0.311 e. The molecule has 0 spiro atoms. The molecule has 21 heavy (non-hydrogen) atoms. The smallest absolute Gasteiger partial charge is 0.311 e. The number of rotatable bonds is 7. The summed E-state index contributed by atoms with van der Waals surface area (Å²) in [5.74, 6) is 0.567. The number of methoxy groups -OCH3 is 1. The molecule has 112 valence electrons.